The minimum Gasteiger partial charge on any atom is -0.497 e. The van der Waals surface area contributed by atoms with E-state index in [-0.39, 0.29) is 18.0 Å². The number of methoxy groups -OCH3 is 1. The molecular weight excluding hydrogens is 240 g/mol. The van der Waals surface area contributed by atoms with Gasteiger partial charge in [-0.15, -0.1) is 0 Å². The van der Waals surface area contributed by atoms with Gasteiger partial charge in [-0.3, -0.25) is 4.79 Å². The molecule has 0 aromatic heterocycles. The number of amides is 1. The van der Waals surface area contributed by atoms with Gasteiger partial charge < -0.3 is 15.4 Å². The maximum Gasteiger partial charge on any atom is 0.234 e. The van der Waals surface area contributed by atoms with E-state index in [0.29, 0.717) is 6.54 Å². The summed E-state index contributed by atoms with van der Waals surface area (Å²) in [5, 5.41) is 6.14. The van der Waals surface area contributed by atoms with E-state index in [1.165, 1.54) is 0 Å². The van der Waals surface area contributed by atoms with Crippen molar-refractivity contribution in [2.75, 3.05) is 13.7 Å². The molecule has 0 aliphatic rings. The van der Waals surface area contributed by atoms with Gasteiger partial charge in [0, 0.05) is 12.1 Å². The van der Waals surface area contributed by atoms with Crippen LogP contribution in [0.25, 0.3) is 0 Å². The second-order valence-corrected chi connectivity index (χ2v) is 4.76. The van der Waals surface area contributed by atoms with Gasteiger partial charge in [0.2, 0.25) is 5.91 Å². The molecule has 1 rings (SSSR count). The van der Waals surface area contributed by atoms with E-state index < -0.39 is 0 Å². The van der Waals surface area contributed by atoms with E-state index in [2.05, 4.69) is 17.6 Å². The van der Waals surface area contributed by atoms with Crippen molar-refractivity contribution in [1.29, 1.82) is 0 Å². The molecule has 1 amide bonds. The first-order valence-corrected chi connectivity index (χ1v) is 6.73. The van der Waals surface area contributed by atoms with Crippen molar-refractivity contribution in [3.05, 3.63) is 29.8 Å². The lowest BCUT2D eigenvalue weighted by atomic mass is 10.1. The van der Waals surface area contributed by atoms with E-state index in [1.54, 1.807) is 7.11 Å². The van der Waals surface area contributed by atoms with Gasteiger partial charge in [-0.1, -0.05) is 19.1 Å². The predicted octanol–water partition coefficient (Wildman–Crippen LogP) is 2.26. The molecule has 1 aromatic rings. The molecule has 0 heterocycles. The maximum atomic E-state index is 11.7. The van der Waals surface area contributed by atoms with Crippen LogP contribution in [0.4, 0.5) is 0 Å². The van der Waals surface area contributed by atoms with E-state index in [9.17, 15) is 4.79 Å². The summed E-state index contributed by atoms with van der Waals surface area (Å²) in [5.41, 5.74) is 1.11. The minimum atomic E-state index is 0.0316. The highest BCUT2D eigenvalue weighted by Gasteiger charge is 2.09. The molecule has 19 heavy (non-hydrogen) atoms. The molecule has 1 unspecified atom stereocenters. The molecule has 4 nitrogen and oxygen atoms in total. The number of benzene rings is 1. The fourth-order valence-corrected chi connectivity index (χ4v) is 1.70. The quantitative estimate of drug-likeness (QED) is 0.794. The first-order valence-electron chi connectivity index (χ1n) is 6.73. The highest BCUT2D eigenvalue weighted by atomic mass is 16.5. The van der Waals surface area contributed by atoms with Crippen LogP contribution in [0.3, 0.4) is 0 Å². The molecule has 0 aliphatic heterocycles. The topological polar surface area (TPSA) is 50.4 Å². The predicted molar refractivity (Wildman–Crippen MR) is 77.3 cm³/mol. The molecule has 2 N–H and O–H groups in total. The van der Waals surface area contributed by atoms with Crippen molar-refractivity contribution in [3.63, 3.8) is 0 Å². The summed E-state index contributed by atoms with van der Waals surface area (Å²) in [7, 11) is 1.65. The molecular formula is C15H24N2O2. The van der Waals surface area contributed by atoms with Crippen molar-refractivity contribution in [2.45, 2.75) is 39.3 Å². The Labute approximate surface area is 115 Å². The maximum absolute atomic E-state index is 11.7. The Balaban J connectivity index is 2.46. The van der Waals surface area contributed by atoms with Gasteiger partial charge in [0.15, 0.2) is 0 Å². The molecule has 106 valence electrons. The van der Waals surface area contributed by atoms with Crippen LogP contribution in [0.5, 0.6) is 5.75 Å². The van der Waals surface area contributed by atoms with Crippen LogP contribution >= 0.6 is 0 Å². The Morgan fingerprint density at radius 3 is 2.74 bits per heavy atom. The Hall–Kier alpha value is -1.55. The average Bonchev–Trinajstić information content (AvgIpc) is 2.44. The lowest BCUT2D eigenvalue weighted by Gasteiger charge is -2.16. The number of carbonyl (C=O) groups excluding carboxylic acids is 1. The molecule has 0 aliphatic carbocycles. The van der Waals surface area contributed by atoms with Crippen molar-refractivity contribution in [3.8, 4) is 5.75 Å². The summed E-state index contributed by atoms with van der Waals surface area (Å²) >= 11 is 0. The number of hydrogen-bond acceptors (Lipinski definition) is 3. The van der Waals surface area contributed by atoms with Crippen molar-refractivity contribution in [2.24, 2.45) is 0 Å². The Morgan fingerprint density at radius 1 is 1.37 bits per heavy atom. The van der Waals surface area contributed by atoms with Crippen LogP contribution in [-0.2, 0) is 4.79 Å². The van der Waals surface area contributed by atoms with Crippen molar-refractivity contribution >= 4 is 5.91 Å². The Morgan fingerprint density at radius 2 is 2.11 bits per heavy atom. The summed E-state index contributed by atoms with van der Waals surface area (Å²) in [6.45, 7) is 6.41. The highest BCUT2D eigenvalue weighted by Crippen LogP contribution is 2.18. The Kier molecular flexibility index (Phi) is 6.36. The zero-order valence-corrected chi connectivity index (χ0v) is 12.2. The number of ether oxygens (including phenoxy) is 1. The minimum absolute atomic E-state index is 0.0316. The molecule has 0 radical (unpaired) electrons. The normalized spacial score (nSPS) is 13.7. The molecule has 0 saturated carbocycles. The van der Waals surface area contributed by atoms with Crippen LogP contribution in [0.15, 0.2) is 24.3 Å². The monoisotopic (exact) mass is 264 g/mol. The van der Waals surface area contributed by atoms with Crippen LogP contribution in [0.1, 0.15) is 38.8 Å². The van der Waals surface area contributed by atoms with Gasteiger partial charge in [0.05, 0.1) is 13.7 Å². The zero-order valence-electron chi connectivity index (χ0n) is 12.2. The second-order valence-electron chi connectivity index (χ2n) is 4.76. The number of hydrogen-bond donors (Lipinski definition) is 2. The first kappa shape index (κ1) is 15.5. The van der Waals surface area contributed by atoms with E-state index >= 15 is 0 Å². The third kappa shape index (κ3) is 5.30. The number of carbonyl (C=O) groups is 1. The fourth-order valence-electron chi connectivity index (χ4n) is 1.70. The summed E-state index contributed by atoms with van der Waals surface area (Å²) in [6.07, 6.45) is 0.942. The molecule has 2 atom stereocenters. The van der Waals surface area contributed by atoms with Crippen molar-refractivity contribution < 1.29 is 9.53 Å². The SMILES string of the molecule is CCC(C)NC(=O)CN[C@@H](C)c1cccc(OC)c1. The Bertz CT molecular complexity index is 407. The van der Waals surface area contributed by atoms with Crippen molar-refractivity contribution in [1.82, 2.24) is 10.6 Å². The van der Waals surface area contributed by atoms with E-state index in [0.717, 1.165) is 17.7 Å². The molecule has 0 fully saturated rings. The van der Waals surface area contributed by atoms with E-state index in [4.69, 9.17) is 4.74 Å². The molecule has 4 heteroatoms. The summed E-state index contributed by atoms with van der Waals surface area (Å²) < 4.78 is 5.19. The fraction of sp³-hybridized carbons (Fsp3) is 0.533. The molecule has 0 saturated heterocycles. The van der Waals surface area contributed by atoms with E-state index in [1.807, 2.05) is 38.1 Å². The van der Waals surface area contributed by atoms with Gasteiger partial charge in [-0.05, 0) is 38.0 Å². The second kappa shape index (κ2) is 7.79. The smallest absolute Gasteiger partial charge is 0.234 e. The highest BCUT2D eigenvalue weighted by molar-refractivity contribution is 5.78. The lowest BCUT2D eigenvalue weighted by Crippen LogP contribution is -2.39. The van der Waals surface area contributed by atoms with Gasteiger partial charge in [-0.25, -0.2) is 0 Å². The van der Waals surface area contributed by atoms with Crippen LogP contribution in [-0.4, -0.2) is 25.6 Å². The van der Waals surface area contributed by atoms with Gasteiger partial charge >= 0.3 is 0 Å². The first-order chi connectivity index (χ1) is 9.06. The molecule has 0 spiro atoms. The standard InChI is InChI=1S/C15H24N2O2/c1-5-11(2)17-15(18)10-16-12(3)13-7-6-8-14(9-13)19-4/h6-9,11-12,16H,5,10H2,1-4H3,(H,17,18)/t11?,12-/m0/s1. The van der Waals surface area contributed by atoms with Crippen LogP contribution < -0.4 is 15.4 Å². The third-order valence-electron chi connectivity index (χ3n) is 3.18. The summed E-state index contributed by atoms with van der Waals surface area (Å²) in [5.74, 6) is 0.860. The number of nitrogens with one attached hydrogen (secondary N) is 2. The largest absolute Gasteiger partial charge is 0.497 e. The van der Waals surface area contributed by atoms with Crippen LogP contribution in [0.2, 0.25) is 0 Å². The van der Waals surface area contributed by atoms with Gasteiger partial charge in [0.25, 0.3) is 0 Å². The molecule has 1 aromatic carbocycles. The van der Waals surface area contributed by atoms with Gasteiger partial charge in [0.1, 0.15) is 5.75 Å². The summed E-state index contributed by atoms with van der Waals surface area (Å²) in [4.78, 5) is 11.7. The van der Waals surface area contributed by atoms with Crippen LogP contribution in [0, 0.1) is 0 Å². The summed E-state index contributed by atoms with van der Waals surface area (Å²) in [6, 6.07) is 8.19. The molecule has 0 bridgehead atoms. The number of rotatable bonds is 7. The van der Waals surface area contributed by atoms with Gasteiger partial charge in [-0.2, -0.15) is 0 Å². The lowest BCUT2D eigenvalue weighted by molar-refractivity contribution is -0.120. The average molecular weight is 264 g/mol. The zero-order chi connectivity index (χ0) is 14.3. The third-order valence-corrected chi connectivity index (χ3v) is 3.18.